The molecule has 1 aliphatic heterocycles. The number of thioether (sulfide) groups is 1. The second-order valence-electron chi connectivity index (χ2n) is 4.02. The normalized spacial score (nSPS) is 19.1. The number of hydrogen-bond donors (Lipinski definition) is 3. The summed E-state index contributed by atoms with van der Waals surface area (Å²) in [5, 5.41) is 21.1. The molecule has 0 amide bonds. The Kier molecular flexibility index (Phi) is 4.23. The van der Waals surface area contributed by atoms with Gasteiger partial charge in [-0.1, -0.05) is 18.2 Å². The summed E-state index contributed by atoms with van der Waals surface area (Å²) < 4.78 is 0. The molecule has 0 aliphatic carbocycles. The highest BCUT2D eigenvalue weighted by molar-refractivity contribution is 7.99. The summed E-state index contributed by atoms with van der Waals surface area (Å²) >= 11 is 1.88. The van der Waals surface area contributed by atoms with Crippen LogP contribution in [0.1, 0.15) is 11.5 Å². The fourth-order valence-corrected chi connectivity index (χ4v) is 3.15. The Balaban J connectivity index is 1.93. The van der Waals surface area contributed by atoms with E-state index in [1.54, 1.807) is 0 Å². The van der Waals surface area contributed by atoms with Crippen molar-refractivity contribution in [1.82, 2.24) is 5.32 Å². The molecule has 88 valence electrons. The summed E-state index contributed by atoms with van der Waals surface area (Å²) in [7, 11) is 0. The minimum Gasteiger partial charge on any atom is -0.395 e. The van der Waals surface area contributed by atoms with Crippen molar-refractivity contribution in [3.05, 3.63) is 29.8 Å². The van der Waals surface area contributed by atoms with E-state index in [-0.39, 0.29) is 19.3 Å². The van der Waals surface area contributed by atoms with Gasteiger partial charge in [-0.25, -0.2) is 0 Å². The first-order valence-corrected chi connectivity index (χ1v) is 6.50. The zero-order valence-electron chi connectivity index (χ0n) is 9.10. The van der Waals surface area contributed by atoms with Gasteiger partial charge in [-0.3, -0.25) is 0 Å². The van der Waals surface area contributed by atoms with Gasteiger partial charge in [0.1, 0.15) is 0 Å². The van der Waals surface area contributed by atoms with Gasteiger partial charge in [-0.2, -0.15) is 0 Å². The number of fused-ring (bicyclic) bond motifs is 1. The van der Waals surface area contributed by atoms with Crippen LogP contribution in [0.4, 0.5) is 0 Å². The monoisotopic (exact) mass is 239 g/mol. The summed E-state index contributed by atoms with van der Waals surface area (Å²) in [6.07, 6.45) is 0. The van der Waals surface area contributed by atoms with Crippen LogP contribution in [0.3, 0.4) is 0 Å². The third kappa shape index (κ3) is 2.58. The highest BCUT2D eigenvalue weighted by Gasteiger charge is 2.22. The van der Waals surface area contributed by atoms with Gasteiger partial charge >= 0.3 is 0 Å². The van der Waals surface area contributed by atoms with Gasteiger partial charge in [0.2, 0.25) is 0 Å². The van der Waals surface area contributed by atoms with Crippen molar-refractivity contribution < 1.29 is 10.2 Å². The second-order valence-corrected chi connectivity index (χ2v) is 5.08. The molecule has 2 rings (SSSR count). The maximum atomic E-state index is 8.97. The van der Waals surface area contributed by atoms with Gasteiger partial charge in [-0.05, 0) is 11.6 Å². The average molecular weight is 239 g/mol. The Morgan fingerprint density at radius 3 is 2.81 bits per heavy atom. The summed E-state index contributed by atoms with van der Waals surface area (Å²) in [4.78, 5) is 1.36. The molecule has 0 saturated carbocycles. The number of rotatable bonds is 5. The largest absolute Gasteiger partial charge is 0.395 e. The minimum absolute atomic E-state index is 0.0159. The molecule has 1 unspecified atom stereocenters. The van der Waals surface area contributed by atoms with Crippen molar-refractivity contribution in [2.24, 2.45) is 0 Å². The lowest BCUT2D eigenvalue weighted by molar-refractivity contribution is 0.170. The van der Waals surface area contributed by atoms with Gasteiger partial charge in [0, 0.05) is 23.1 Å². The Bertz CT molecular complexity index is 342. The van der Waals surface area contributed by atoms with Crippen molar-refractivity contribution >= 4 is 11.8 Å². The molecule has 0 saturated heterocycles. The molecule has 1 heterocycles. The Morgan fingerprint density at radius 2 is 2.06 bits per heavy atom. The smallest absolute Gasteiger partial charge is 0.0607 e. The maximum Gasteiger partial charge on any atom is 0.0607 e. The molecule has 0 bridgehead atoms. The van der Waals surface area contributed by atoms with Gasteiger partial charge in [-0.15, -0.1) is 11.8 Å². The topological polar surface area (TPSA) is 52.5 Å². The van der Waals surface area contributed by atoms with Crippen molar-refractivity contribution in [3.63, 3.8) is 0 Å². The first kappa shape index (κ1) is 11.9. The summed E-state index contributed by atoms with van der Waals surface area (Å²) in [5.41, 5.74) is 1.38. The van der Waals surface area contributed by atoms with Crippen molar-refractivity contribution in [3.8, 4) is 0 Å². The first-order chi connectivity index (χ1) is 7.85. The minimum atomic E-state index is -0.197. The molecule has 0 radical (unpaired) electrons. The van der Waals surface area contributed by atoms with Crippen LogP contribution in [0.15, 0.2) is 29.2 Å². The van der Waals surface area contributed by atoms with Crippen molar-refractivity contribution in [2.75, 3.05) is 25.5 Å². The molecule has 1 atom stereocenters. The van der Waals surface area contributed by atoms with E-state index in [0.29, 0.717) is 5.92 Å². The molecule has 1 aromatic rings. The maximum absolute atomic E-state index is 8.97. The van der Waals surface area contributed by atoms with Crippen LogP contribution in [-0.4, -0.2) is 41.8 Å². The van der Waals surface area contributed by atoms with E-state index in [0.717, 1.165) is 12.3 Å². The van der Waals surface area contributed by atoms with Crippen LogP contribution in [0.2, 0.25) is 0 Å². The van der Waals surface area contributed by atoms with Crippen LogP contribution in [0.25, 0.3) is 0 Å². The third-order valence-electron chi connectivity index (χ3n) is 2.89. The van der Waals surface area contributed by atoms with Crippen LogP contribution >= 0.6 is 11.8 Å². The fraction of sp³-hybridized carbons (Fsp3) is 0.500. The summed E-state index contributed by atoms with van der Waals surface area (Å²) in [5.74, 6) is 1.57. The van der Waals surface area contributed by atoms with E-state index in [1.807, 2.05) is 11.8 Å². The zero-order chi connectivity index (χ0) is 11.4. The molecule has 1 aromatic carbocycles. The van der Waals surface area contributed by atoms with Gasteiger partial charge in [0.25, 0.3) is 0 Å². The summed E-state index contributed by atoms with van der Waals surface area (Å²) in [6, 6.07) is 8.24. The number of aliphatic hydroxyl groups is 2. The van der Waals surface area contributed by atoms with Crippen molar-refractivity contribution in [1.29, 1.82) is 0 Å². The molecule has 16 heavy (non-hydrogen) atoms. The van der Waals surface area contributed by atoms with Crippen LogP contribution in [-0.2, 0) is 0 Å². The Labute approximate surface area is 99.9 Å². The van der Waals surface area contributed by atoms with E-state index in [9.17, 15) is 0 Å². The van der Waals surface area contributed by atoms with Crippen molar-refractivity contribution in [2.45, 2.75) is 16.9 Å². The van der Waals surface area contributed by atoms with Crippen LogP contribution in [0, 0.1) is 0 Å². The van der Waals surface area contributed by atoms with Gasteiger partial charge in [0.05, 0.1) is 19.3 Å². The van der Waals surface area contributed by atoms with E-state index in [4.69, 9.17) is 10.2 Å². The van der Waals surface area contributed by atoms with Crippen LogP contribution < -0.4 is 5.32 Å². The lowest BCUT2D eigenvalue weighted by Gasteiger charge is -2.17. The number of hydrogen-bond acceptors (Lipinski definition) is 4. The Morgan fingerprint density at radius 1 is 1.31 bits per heavy atom. The molecule has 1 aliphatic rings. The van der Waals surface area contributed by atoms with Gasteiger partial charge < -0.3 is 15.5 Å². The lowest BCUT2D eigenvalue weighted by atomic mass is 10.0. The summed E-state index contributed by atoms with van der Waals surface area (Å²) in [6.45, 7) is 0.784. The molecular weight excluding hydrogens is 222 g/mol. The second kappa shape index (κ2) is 5.68. The predicted molar refractivity (Wildman–Crippen MR) is 65.9 cm³/mol. The van der Waals surface area contributed by atoms with E-state index in [2.05, 4.69) is 29.6 Å². The lowest BCUT2D eigenvalue weighted by Crippen LogP contribution is -2.38. The quantitative estimate of drug-likeness (QED) is 0.712. The highest BCUT2D eigenvalue weighted by Crippen LogP contribution is 2.38. The molecule has 3 N–H and O–H groups in total. The zero-order valence-corrected chi connectivity index (χ0v) is 9.91. The average Bonchev–Trinajstić information content (AvgIpc) is 2.74. The SMILES string of the molecule is OCC(CO)NCC1CSc2ccccc21. The predicted octanol–water partition coefficient (Wildman–Crippen LogP) is 0.819. The van der Waals surface area contributed by atoms with E-state index in [1.165, 1.54) is 10.5 Å². The number of nitrogens with one attached hydrogen (secondary N) is 1. The Hall–Kier alpha value is -0.550. The van der Waals surface area contributed by atoms with E-state index >= 15 is 0 Å². The molecule has 0 spiro atoms. The highest BCUT2D eigenvalue weighted by atomic mass is 32.2. The fourth-order valence-electron chi connectivity index (χ4n) is 1.89. The number of benzene rings is 1. The van der Waals surface area contributed by atoms with Crippen LogP contribution in [0.5, 0.6) is 0 Å². The molecule has 0 aromatic heterocycles. The van der Waals surface area contributed by atoms with Gasteiger partial charge in [0.15, 0.2) is 0 Å². The number of aliphatic hydroxyl groups excluding tert-OH is 2. The standard InChI is InChI=1S/C12H17NO2S/c14-6-10(7-15)13-5-9-8-16-12-4-2-1-3-11(9)12/h1-4,9-10,13-15H,5-8H2. The van der Waals surface area contributed by atoms with E-state index < -0.39 is 0 Å². The molecular formula is C12H17NO2S. The first-order valence-electron chi connectivity index (χ1n) is 5.52. The third-order valence-corrected chi connectivity index (χ3v) is 4.14. The molecule has 4 heteroatoms. The molecule has 3 nitrogen and oxygen atoms in total. The molecule has 0 fully saturated rings.